The van der Waals surface area contributed by atoms with Gasteiger partial charge in [-0.05, 0) is 49.7 Å². The maximum absolute atomic E-state index is 12.5. The molecule has 30 heavy (non-hydrogen) atoms. The average Bonchev–Trinajstić information content (AvgIpc) is 2.96. The van der Waals surface area contributed by atoms with Crippen LogP contribution in [-0.2, 0) is 11.3 Å². The molecule has 0 unspecified atom stereocenters. The third-order valence-corrected chi connectivity index (χ3v) is 4.60. The number of benzene rings is 2. The van der Waals surface area contributed by atoms with Gasteiger partial charge in [0, 0.05) is 23.8 Å². The van der Waals surface area contributed by atoms with E-state index in [1.165, 1.54) is 23.1 Å². The summed E-state index contributed by atoms with van der Waals surface area (Å²) in [5.41, 5.74) is 2.07. The van der Waals surface area contributed by atoms with Crippen LogP contribution in [0.1, 0.15) is 56.9 Å². The number of nitrogens with zero attached hydrogens (tertiary/aromatic N) is 2. The molecule has 0 fully saturated rings. The van der Waals surface area contributed by atoms with Crippen LogP contribution in [0, 0.1) is 11.3 Å². The van der Waals surface area contributed by atoms with E-state index in [-0.39, 0.29) is 41.9 Å². The molecule has 4 amide bonds. The van der Waals surface area contributed by atoms with Crippen molar-refractivity contribution >= 4 is 29.3 Å². The van der Waals surface area contributed by atoms with Crippen LogP contribution < -0.4 is 10.6 Å². The number of carbonyl (C=O) groups excluding carboxylic acids is 4. The summed E-state index contributed by atoms with van der Waals surface area (Å²) in [6, 6.07) is 12.8. The molecule has 0 atom stereocenters. The second kappa shape index (κ2) is 8.57. The molecule has 0 aromatic heterocycles. The van der Waals surface area contributed by atoms with Gasteiger partial charge in [0.1, 0.15) is 6.42 Å². The average molecular weight is 404 g/mol. The van der Waals surface area contributed by atoms with Crippen LogP contribution in [0.25, 0.3) is 0 Å². The number of fused-ring (bicyclic) bond motifs is 1. The molecule has 0 spiro atoms. The van der Waals surface area contributed by atoms with Gasteiger partial charge < -0.3 is 10.6 Å². The number of nitriles is 1. The Balaban J connectivity index is 1.69. The van der Waals surface area contributed by atoms with Crippen molar-refractivity contribution in [2.75, 3.05) is 5.32 Å². The van der Waals surface area contributed by atoms with E-state index in [4.69, 9.17) is 5.26 Å². The second-order valence-electron chi connectivity index (χ2n) is 7.10. The van der Waals surface area contributed by atoms with E-state index in [2.05, 4.69) is 10.6 Å². The second-order valence-corrected chi connectivity index (χ2v) is 7.10. The molecule has 0 saturated heterocycles. The topological polar surface area (TPSA) is 119 Å². The lowest BCUT2D eigenvalue weighted by Crippen LogP contribution is -2.35. The number of rotatable bonds is 6. The van der Waals surface area contributed by atoms with Gasteiger partial charge in [0.2, 0.25) is 5.91 Å². The maximum Gasteiger partial charge on any atom is 0.261 e. The molecule has 2 N–H and O–H groups in total. The highest BCUT2D eigenvalue weighted by molar-refractivity contribution is 6.22. The molecule has 1 aliphatic heterocycles. The molecule has 1 heterocycles. The zero-order chi connectivity index (χ0) is 21.8. The Morgan fingerprint density at radius 1 is 1.07 bits per heavy atom. The quantitative estimate of drug-likeness (QED) is 0.717. The van der Waals surface area contributed by atoms with E-state index in [0.29, 0.717) is 11.3 Å². The number of nitrogens with one attached hydrogen (secondary N) is 2. The highest BCUT2D eigenvalue weighted by Gasteiger charge is 2.37. The first kappa shape index (κ1) is 20.7. The first-order chi connectivity index (χ1) is 14.3. The standard InChI is InChI=1S/C22H20N4O4/c1-13(2)26-21(29)17-7-6-15(11-18(17)22(26)30)20(28)24-12-14-4-3-5-16(10-14)25-19(27)8-9-23/h3-7,10-11,13H,8,12H2,1-2H3,(H,24,28)(H,25,27). The third kappa shape index (κ3) is 4.20. The van der Waals surface area contributed by atoms with Crippen LogP contribution >= 0.6 is 0 Å². The van der Waals surface area contributed by atoms with Crippen LogP contribution in [-0.4, -0.2) is 34.6 Å². The Hall–Kier alpha value is -3.99. The summed E-state index contributed by atoms with van der Waals surface area (Å²) in [7, 11) is 0. The van der Waals surface area contributed by atoms with Crippen LogP contribution in [0.5, 0.6) is 0 Å². The van der Waals surface area contributed by atoms with Crippen molar-refractivity contribution in [3.8, 4) is 6.07 Å². The van der Waals surface area contributed by atoms with Crippen molar-refractivity contribution in [2.45, 2.75) is 32.9 Å². The molecule has 1 aliphatic rings. The number of hydrogen-bond acceptors (Lipinski definition) is 5. The molecule has 8 heteroatoms. The smallest absolute Gasteiger partial charge is 0.261 e. The van der Waals surface area contributed by atoms with Crippen molar-refractivity contribution in [3.05, 3.63) is 64.7 Å². The molecular weight excluding hydrogens is 384 g/mol. The molecule has 0 aliphatic carbocycles. The summed E-state index contributed by atoms with van der Waals surface area (Å²) in [6.45, 7) is 3.71. The molecule has 2 aromatic rings. The maximum atomic E-state index is 12.5. The third-order valence-electron chi connectivity index (χ3n) is 4.60. The normalized spacial score (nSPS) is 12.5. The van der Waals surface area contributed by atoms with Crippen LogP contribution in [0.15, 0.2) is 42.5 Å². The van der Waals surface area contributed by atoms with Gasteiger partial charge in [-0.15, -0.1) is 0 Å². The highest BCUT2D eigenvalue weighted by atomic mass is 16.2. The minimum atomic E-state index is -0.411. The van der Waals surface area contributed by atoms with Gasteiger partial charge >= 0.3 is 0 Å². The predicted octanol–water partition coefficient (Wildman–Crippen LogP) is 2.47. The van der Waals surface area contributed by atoms with Crippen molar-refractivity contribution in [1.29, 1.82) is 5.26 Å². The van der Waals surface area contributed by atoms with E-state index in [0.717, 1.165) is 5.56 Å². The number of hydrogen-bond donors (Lipinski definition) is 2. The molecule has 3 rings (SSSR count). The van der Waals surface area contributed by atoms with Crippen molar-refractivity contribution in [1.82, 2.24) is 10.2 Å². The summed E-state index contributed by atoms with van der Waals surface area (Å²) in [5, 5.41) is 13.9. The first-order valence-corrected chi connectivity index (χ1v) is 9.37. The monoisotopic (exact) mass is 404 g/mol. The molecular formula is C22H20N4O4. The first-order valence-electron chi connectivity index (χ1n) is 9.37. The Morgan fingerprint density at radius 2 is 1.80 bits per heavy atom. The number of anilines is 1. The summed E-state index contributed by atoms with van der Waals surface area (Å²) in [4.78, 5) is 50.1. The molecule has 0 bridgehead atoms. The minimum absolute atomic E-state index is 0.197. The van der Waals surface area contributed by atoms with Gasteiger partial charge in [0.25, 0.3) is 17.7 Å². The van der Waals surface area contributed by atoms with Gasteiger partial charge in [0.15, 0.2) is 0 Å². The number of carbonyl (C=O) groups is 4. The van der Waals surface area contributed by atoms with E-state index in [1.54, 1.807) is 44.2 Å². The van der Waals surface area contributed by atoms with Crippen LogP contribution in [0.4, 0.5) is 5.69 Å². The lowest BCUT2D eigenvalue weighted by molar-refractivity contribution is -0.115. The molecule has 2 aromatic carbocycles. The molecule has 8 nitrogen and oxygen atoms in total. The SMILES string of the molecule is CC(C)N1C(=O)c2ccc(C(=O)NCc3cccc(NC(=O)CC#N)c3)cc2C1=O. The zero-order valence-corrected chi connectivity index (χ0v) is 16.6. The summed E-state index contributed by atoms with van der Waals surface area (Å²) >= 11 is 0. The largest absolute Gasteiger partial charge is 0.348 e. The molecule has 152 valence electrons. The van der Waals surface area contributed by atoms with Crippen molar-refractivity contribution in [3.63, 3.8) is 0 Å². The lowest BCUT2D eigenvalue weighted by atomic mass is 10.1. The Labute approximate surface area is 173 Å². The van der Waals surface area contributed by atoms with E-state index in [1.807, 2.05) is 0 Å². The summed E-state index contributed by atoms with van der Waals surface area (Å²) in [6.07, 6.45) is -0.241. The van der Waals surface area contributed by atoms with Crippen molar-refractivity contribution < 1.29 is 19.2 Å². The number of imide groups is 1. The lowest BCUT2D eigenvalue weighted by Gasteiger charge is -2.17. The van der Waals surface area contributed by atoms with Crippen LogP contribution in [0.2, 0.25) is 0 Å². The Morgan fingerprint density at radius 3 is 2.50 bits per heavy atom. The molecule has 0 radical (unpaired) electrons. The zero-order valence-electron chi connectivity index (χ0n) is 16.6. The van der Waals surface area contributed by atoms with Crippen LogP contribution in [0.3, 0.4) is 0 Å². The van der Waals surface area contributed by atoms with E-state index < -0.39 is 11.8 Å². The minimum Gasteiger partial charge on any atom is -0.348 e. The summed E-state index contributed by atoms with van der Waals surface area (Å²) < 4.78 is 0. The number of amides is 4. The van der Waals surface area contributed by atoms with Gasteiger partial charge in [-0.2, -0.15) is 5.26 Å². The van der Waals surface area contributed by atoms with E-state index >= 15 is 0 Å². The highest BCUT2D eigenvalue weighted by Crippen LogP contribution is 2.25. The van der Waals surface area contributed by atoms with Gasteiger partial charge in [-0.1, -0.05) is 12.1 Å². The van der Waals surface area contributed by atoms with Crippen molar-refractivity contribution in [2.24, 2.45) is 0 Å². The Bertz CT molecular complexity index is 1080. The fourth-order valence-electron chi connectivity index (χ4n) is 3.19. The summed E-state index contributed by atoms with van der Waals surface area (Å²) in [5.74, 6) is -1.56. The predicted molar refractivity (Wildman–Crippen MR) is 109 cm³/mol. The fraction of sp³-hybridized carbons (Fsp3) is 0.227. The van der Waals surface area contributed by atoms with Gasteiger partial charge in [-0.25, -0.2) is 0 Å². The van der Waals surface area contributed by atoms with Gasteiger partial charge in [-0.3, -0.25) is 24.1 Å². The molecule has 0 saturated carbocycles. The Kier molecular flexibility index (Phi) is 5.93. The van der Waals surface area contributed by atoms with Gasteiger partial charge in [0.05, 0.1) is 17.2 Å². The fourth-order valence-corrected chi connectivity index (χ4v) is 3.19. The van der Waals surface area contributed by atoms with E-state index in [9.17, 15) is 19.2 Å².